The molecule has 0 aliphatic heterocycles. The van der Waals surface area contributed by atoms with Gasteiger partial charge in [-0.3, -0.25) is 10.4 Å². The maximum atomic E-state index is 7.40. The molecule has 3 N–H and O–H groups in total. The van der Waals surface area contributed by atoms with Crippen LogP contribution in [0.15, 0.2) is 36.7 Å². The quantitative estimate of drug-likeness (QED) is 0.655. The summed E-state index contributed by atoms with van der Waals surface area (Å²) < 4.78 is 10.9. The third-order valence-corrected chi connectivity index (χ3v) is 3.05. The van der Waals surface area contributed by atoms with E-state index in [9.17, 15) is 0 Å². The monoisotopic (exact) mass is 291 g/mol. The van der Waals surface area contributed by atoms with Crippen LogP contribution in [0, 0.1) is 5.41 Å². The van der Waals surface area contributed by atoms with Crippen LogP contribution in [-0.4, -0.2) is 17.9 Å². The molecule has 0 amide bonds. The number of nitrogens with zero attached hydrogens (tertiary/aromatic N) is 1. The van der Waals surface area contributed by atoms with E-state index < -0.39 is 0 Å². The van der Waals surface area contributed by atoms with Gasteiger partial charge in [0.25, 0.3) is 0 Å². The summed E-state index contributed by atoms with van der Waals surface area (Å²) in [4.78, 5) is 3.91. The van der Waals surface area contributed by atoms with E-state index in [1.807, 2.05) is 0 Å². The van der Waals surface area contributed by atoms with Gasteiger partial charge in [0.05, 0.1) is 12.1 Å². The summed E-state index contributed by atoms with van der Waals surface area (Å²) in [6, 6.07) is 6.86. The highest BCUT2D eigenvalue weighted by atomic mass is 35.5. The summed E-state index contributed by atoms with van der Waals surface area (Å²) >= 11 is 6.01. The molecule has 104 valence electrons. The normalized spacial score (nSPS) is 10.1. The van der Waals surface area contributed by atoms with E-state index in [1.165, 1.54) is 7.11 Å². The van der Waals surface area contributed by atoms with E-state index in [-0.39, 0.29) is 5.84 Å². The summed E-state index contributed by atoms with van der Waals surface area (Å²) in [6.07, 6.45) is 3.22. The topological polar surface area (TPSA) is 81.2 Å². The molecule has 1 aromatic carbocycles. The van der Waals surface area contributed by atoms with Crippen LogP contribution in [0.5, 0.6) is 11.5 Å². The maximum absolute atomic E-state index is 7.40. The van der Waals surface area contributed by atoms with E-state index in [4.69, 9.17) is 32.2 Å². The lowest BCUT2D eigenvalue weighted by Crippen LogP contribution is -2.11. The molecule has 1 heterocycles. The molecule has 20 heavy (non-hydrogen) atoms. The van der Waals surface area contributed by atoms with Crippen molar-refractivity contribution in [2.45, 2.75) is 6.61 Å². The van der Waals surface area contributed by atoms with Crippen molar-refractivity contribution in [2.24, 2.45) is 5.73 Å². The van der Waals surface area contributed by atoms with Crippen LogP contribution in [0.3, 0.4) is 0 Å². The number of aromatic nitrogens is 1. The Bertz CT molecular complexity index is 632. The number of methoxy groups -OCH3 is 1. The first kappa shape index (κ1) is 14.1. The van der Waals surface area contributed by atoms with Gasteiger partial charge in [-0.2, -0.15) is 0 Å². The molecule has 0 fully saturated rings. The lowest BCUT2D eigenvalue weighted by atomic mass is 10.2. The zero-order chi connectivity index (χ0) is 14.5. The van der Waals surface area contributed by atoms with Crippen molar-refractivity contribution in [1.29, 1.82) is 5.41 Å². The van der Waals surface area contributed by atoms with Crippen molar-refractivity contribution in [2.75, 3.05) is 7.11 Å². The molecule has 0 atom stereocenters. The predicted octanol–water partition coefficient (Wildman–Crippen LogP) is 2.61. The van der Waals surface area contributed by atoms with Gasteiger partial charge in [-0.1, -0.05) is 11.6 Å². The molecule has 2 rings (SSSR count). The van der Waals surface area contributed by atoms with E-state index in [1.54, 1.807) is 36.7 Å². The van der Waals surface area contributed by atoms with Gasteiger partial charge >= 0.3 is 0 Å². The minimum atomic E-state index is -0.0213. The minimum absolute atomic E-state index is 0.0213. The zero-order valence-corrected chi connectivity index (χ0v) is 11.6. The number of amidine groups is 1. The fourth-order valence-electron chi connectivity index (χ4n) is 1.63. The minimum Gasteiger partial charge on any atom is -0.493 e. The molecule has 0 aliphatic carbocycles. The fraction of sp³-hybridized carbons (Fsp3) is 0.143. The van der Waals surface area contributed by atoms with Crippen molar-refractivity contribution < 1.29 is 9.47 Å². The molecule has 1 aromatic heterocycles. The van der Waals surface area contributed by atoms with Gasteiger partial charge < -0.3 is 15.2 Å². The van der Waals surface area contributed by atoms with Crippen molar-refractivity contribution in [3.63, 3.8) is 0 Å². The van der Waals surface area contributed by atoms with Crippen LogP contribution in [0.1, 0.15) is 11.1 Å². The molecule has 2 aromatic rings. The summed E-state index contributed by atoms with van der Waals surface area (Å²) in [5.41, 5.74) is 6.85. The second kappa shape index (κ2) is 6.25. The van der Waals surface area contributed by atoms with Gasteiger partial charge in [0.2, 0.25) is 0 Å². The average molecular weight is 292 g/mol. The van der Waals surface area contributed by atoms with Gasteiger partial charge in [-0.05, 0) is 24.3 Å². The number of pyridine rings is 1. The highest BCUT2D eigenvalue weighted by Crippen LogP contribution is 2.29. The molecule has 0 saturated heterocycles. The number of hydrogen-bond donors (Lipinski definition) is 2. The molecule has 5 nitrogen and oxygen atoms in total. The highest BCUT2D eigenvalue weighted by molar-refractivity contribution is 6.31. The van der Waals surface area contributed by atoms with Crippen LogP contribution in [0.25, 0.3) is 0 Å². The predicted molar refractivity (Wildman–Crippen MR) is 77.6 cm³/mol. The van der Waals surface area contributed by atoms with Crippen molar-refractivity contribution >= 4 is 17.4 Å². The Hall–Kier alpha value is -2.27. The molecule has 0 radical (unpaired) electrons. The standard InChI is InChI=1S/C14H14ClN3O2/c1-19-13-6-9(14(16)17)2-3-12(13)20-8-10-4-5-18-7-11(10)15/h2-7H,8H2,1H3,(H3,16,17). The van der Waals surface area contributed by atoms with Crippen LogP contribution >= 0.6 is 11.6 Å². The Morgan fingerprint density at radius 3 is 2.80 bits per heavy atom. The molecule has 0 aliphatic rings. The number of nitrogen functional groups attached to an aromatic ring is 1. The number of nitrogens with one attached hydrogen (secondary N) is 1. The molecular weight excluding hydrogens is 278 g/mol. The van der Waals surface area contributed by atoms with E-state index in [0.717, 1.165) is 5.56 Å². The van der Waals surface area contributed by atoms with Gasteiger partial charge in [-0.25, -0.2) is 0 Å². The van der Waals surface area contributed by atoms with Gasteiger partial charge in [0.1, 0.15) is 12.4 Å². The van der Waals surface area contributed by atoms with Crippen LogP contribution < -0.4 is 15.2 Å². The molecule has 0 spiro atoms. The fourth-order valence-corrected chi connectivity index (χ4v) is 1.80. The number of nitrogens with two attached hydrogens (primary N) is 1. The Kier molecular flexibility index (Phi) is 4.42. The van der Waals surface area contributed by atoms with Gasteiger partial charge in [-0.15, -0.1) is 0 Å². The lowest BCUT2D eigenvalue weighted by Gasteiger charge is -2.12. The third kappa shape index (κ3) is 3.19. The van der Waals surface area contributed by atoms with Gasteiger partial charge in [0.15, 0.2) is 11.5 Å². The highest BCUT2D eigenvalue weighted by Gasteiger charge is 2.08. The second-order valence-electron chi connectivity index (χ2n) is 4.04. The molecule has 6 heteroatoms. The molecule has 0 unspecified atom stereocenters. The number of halogens is 1. The summed E-state index contributed by atoms with van der Waals surface area (Å²) in [6.45, 7) is 0.303. The summed E-state index contributed by atoms with van der Waals surface area (Å²) in [5, 5.41) is 7.95. The Labute approximate surface area is 121 Å². The van der Waals surface area contributed by atoms with Crippen LogP contribution in [-0.2, 0) is 6.61 Å². The smallest absolute Gasteiger partial charge is 0.161 e. The van der Waals surface area contributed by atoms with E-state index >= 15 is 0 Å². The zero-order valence-electron chi connectivity index (χ0n) is 10.9. The summed E-state index contributed by atoms with van der Waals surface area (Å²) in [7, 11) is 1.53. The Balaban J connectivity index is 2.17. The average Bonchev–Trinajstić information content (AvgIpc) is 2.46. The molecular formula is C14H14ClN3O2. The van der Waals surface area contributed by atoms with Crippen molar-refractivity contribution in [1.82, 2.24) is 4.98 Å². The van der Waals surface area contributed by atoms with Crippen molar-refractivity contribution in [3.8, 4) is 11.5 Å². The Morgan fingerprint density at radius 2 is 2.15 bits per heavy atom. The third-order valence-electron chi connectivity index (χ3n) is 2.71. The molecule has 0 bridgehead atoms. The van der Waals surface area contributed by atoms with Crippen molar-refractivity contribution in [3.05, 3.63) is 52.8 Å². The number of benzene rings is 1. The SMILES string of the molecule is COc1cc(C(=N)N)ccc1OCc1ccncc1Cl. The first-order chi connectivity index (χ1) is 9.61. The van der Waals surface area contributed by atoms with E-state index in [0.29, 0.717) is 28.7 Å². The molecule has 0 saturated carbocycles. The van der Waals surface area contributed by atoms with Gasteiger partial charge in [0, 0.05) is 23.5 Å². The lowest BCUT2D eigenvalue weighted by molar-refractivity contribution is 0.284. The largest absolute Gasteiger partial charge is 0.493 e. The number of rotatable bonds is 5. The van der Waals surface area contributed by atoms with Crippen LogP contribution in [0.4, 0.5) is 0 Å². The first-order valence-corrected chi connectivity index (χ1v) is 6.23. The summed E-state index contributed by atoms with van der Waals surface area (Å²) in [5.74, 6) is 1.06. The van der Waals surface area contributed by atoms with E-state index in [2.05, 4.69) is 4.98 Å². The Morgan fingerprint density at radius 1 is 1.35 bits per heavy atom. The first-order valence-electron chi connectivity index (χ1n) is 5.85. The maximum Gasteiger partial charge on any atom is 0.161 e. The number of hydrogen-bond acceptors (Lipinski definition) is 4. The van der Waals surface area contributed by atoms with Crippen LogP contribution in [0.2, 0.25) is 5.02 Å². The number of ether oxygens (including phenoxy) is 2. The second-order valence-corrected chi connectivity index (χ2v) is 4.44.